The Bertz CT molecular complexity index is 861. The molecule has 0 unspecified atom stereocenters. The van der Waals surface area contributed by atoms with Crippen molar-refractivity contribution in [2.45, 2.75) is 136 Å². The lowest BCUT2D eigenvalue weighted by molar-refractivity contribution is -0.536. The topological polar surface area (TPSA) is 57.3 Å². The van der Waals surface area contributed by atoms with E-state index in [0.717, 1.165) is 32.1 Å². The van der Waals surface area contributed by atoms with E-state index in [1.807, 2.05) is 0 Å². The molecule has 4 saturated carbocycles. The first-order valence-corrected chi connectivity index (χ1v) is 14.7. The maximum Gasteiger partial charge on any atom is 0.302 e. The van der Waals surface area contributed by atoms with E-state index in [4.69, 9.17) is 19.2 Å². The van der Waals surface area contributed by atoms with Crippen molar-refractivity contribution < 1.29 is 24.0 Å². The summed E-state index contributed by atoms with van der Waals surface area (Å²) in [5, 5.41) is 0. The molecule has 2 bridgehead atoms. The van der Waals surface area contributed by atoms with Crippen LogP contribution in [0.3, 0.4) is 0 Å². The second-order valence-corrected chi connectivity index (χ2v) is 14.4. The number of ether oxygens (including phenoxy) is 2. The first-order chi connectivity index (χ1) is 16.5. The molecular weight excluding hydrogens is 440 g/mol. The number of esters is 1. The normalized spacial score (nSPS) is 53.9. The predicted octanol–water partition coefficient (Wildman–Crippen LogP) is 6.48. The Morgan fingerprint density at radius 2 is 1.66 bits per heavy atom. The van der Waals surface area contributed by atoms with E-state index in [0.29, 0.717) is 53.1 Å². The molecule has 0 amide bonds. The minimum Gasteiger partial charge on any atom is -0.462 e. The van der Waals surface area contributed by atoms with Crippen LogP contribution in [0.5, 0.6) is 0 Å². The van der Waals surface area contributed by atoms with Gasteiger partial charge >= 0.3 is 5.97 Å². The molecular formula is C30H48O5. The number of fused-ring (bicyclic) bond motifs is 3. The maximum absolute atomic E-state index is 11.7. The van der Waals surface area contributed by atoms with E-state index in [1.54, 1.807) is 0 Å². The van der Waals surface area contributed by atoms with Crippen molar-refractivity contribution in [3.63, 3.8) is 0 Å². The van der Waals surface area contributed by atoms with Gasteiger partial charge in [-0.05, 0) is 92.3 Å². The van der Waals surface area contributed by atoms with Crippen LogP contribution in [0.1, 0.15) is 106 Å². The maximum atomic E-state index is 11.7. The van der Waals surface area contributed by atoms with Crippen LogP contribution in [0.15, 0.2) is 0 Å². The molecule has 12 atom stereocenters. The van der Waals surface area contributed by atoms with E-state index in [2.05, 4.69) is 41.5 Å². The zero-order chi connectivity index (χ0) is 25.0. The second kappa shape index (κ2) is 7.93. The molecule has 0 aromatic rings. The molecule has 4 aliphatic carbocycles. The second-order valence-electron chi connectivity index (χ2n) is 14.4. The standard InChI is InChI=1S/C30H48O5/c1-17(2)18(3)25-26(33-25)19(4)22-8-9-23-27(22,6)12-11-24-28(7)13-10-21(32-20(5)31)16-29(28)14-15-30(23,24)35-34-29/h17-19,21-26H,8-16H2,1-7H3/t18-,19+,21-,22+,23+,24+,25+,26+,27-,28-,29-,30+/m1/s1. The smallest absolute Gasteiger partial charge is 0.302 e. The highest BCUT2D eigenvalue weighted by Crippen LogP contribution is 2.75. The van der Waals surface area contributed by atoms with Crippen molar-refractivity contribution in [1.29, 1.82) is 0 Å². The third kappa shape index (κ3) is 3.25. The van der Waals surface area contributed by atoms with Crippen molar-refractivity contribution in [2.75, 3.05) is 0 Å². The van der Waals surface area contributed by atoms with Gasteiger partial charge in [-0.15, -0.1) is 0 Å². The average molecular weight is 489 g/mol. The lowest BCUT2D eigenvalue weighted by Gasteiger charge is -2.72. The van der Waals surface area contributed by atoms with Crippen molar-refractivity contribution in [3.8, 4) is 0 Å². The van der Waals surface area contributed by atoms with Crippen LogP contribution in [-0.4, -0.2) is 35.5 Å². The van der Waals surface area contributed by atoms with Gasteiger partial charge in [-0.25, -0.2) is 9.78 Å². The highest BCUT2D eigenvalue weighted by atomic mass is 17.2. The fraction of sp³-hybridized carbons (Fsp3) is 0.967. The van der Waals surface area contributed by atoms with Crippen LogP contribution < -0.4 is 0 Å². The summed E-state index contributed by atoms with van der Waals surface area (Å²) in [4.78, 5) is 24.8. The average Bonchev–Trinajstić information content (AvgIpc) is 3.52. The van der Waals surface area contributed by atoms with E-state index in [1.165, 1.54) is 32.6 Å². The molecule has 0 aromatic heterocycles. The van der Waals surface area contributed by atoms with Gasteiger partial charge in [0.25, 0.3) is 0 Å². The van der Waals surface area contributed by atoms with Crippen LogP contribution in [0, 0.1) is 46.3 Å². The number of carbonyl (C=O) groups is 1. The zero-order valence-electron chi connectivity index (χ0n) is 23.1. The molecule has 0 N–H and O–H groups in total. The highest BCUT2D eigenvalue weighted by molar-refractivity contribution is 5.66. The number of hydrogen-bond acceptors (Lipinski definition) is 5. The quantitative estimate of drug-likeness (QED) is 0.252. The summed E-state index contributed by atoms with van der Waals surface area (Å²) in [5.74, 6) is 3.51. The van der Waals surface area contributed by atoms with Crippen molar-refractivity contribution in [2.24, 2.45) is 46.3 Å². The first-order valence-electron chi connectivity index (χ1n) is 14.7. The van der Waals surface area contributed by atoms with Gasteiger partial charge in [0.2, 0.25) is 0 Å². The van der Waals surface area contributed by atoms with Gasteiger partial charge < -0.3 is 9.47 Å². The summed E-state index contributed by atoms with van der Waals surface area (Å²) in [7, 11) is 0. The van der Waals surface area contributed by atoms with Crippen LogP contribution in [-0.2, 0) is 24.0 Å². The van der Waals surface area contributed by atoms with E-state index in [9.17, 15) is 4.79 Å². The molecule has 3 heterocycles. The van der Waals surface area contributed by atoms with Gasteiger partial charge in [-0.1, -0.05) is 41.5 Å². The predicted molar refractivity (Wildman–Crippen MR) is 133 cm³/mol. The Hall–Kier alpha value is -0.650. The molecule has 3 saturated heterocycles. The molecule has 35 heavy (non-hydrogen) atoms. The van der Waals surface area contributed by atoms with Crippen LogP contribution >= 0.6 is 0 Å². The Morgan fingerprint density at radius 1 is 0.886 bits per heavy atom. The number of epoxide rings is 1. The lowest BCUT2D eigenvalue weighted by Crippen LogP contribution is -2.75. The molecule has 7 fully saturated rings. The first kappa shape index (κ1) is 24.7. The van der Waals surface area contributed by atoms with Crippen LogP contribution in [0.2, 0.25) is 0 Å². The summed E-state index contributed by atoms with van der Waals surface area (Å²) < 4.78 is 12.0. The summed E-state index contributed by atoms with van der Waals surface area (Å²) in [6.07, 6.45) is 10.8. The molecule has 7 rings (SSSR count). The summed E-state index contributed by atoms with van der Waals surface area (Å²) >= 11 is 0. The summed E-state index contributed by atoms with van der Waals surface area (Å²) in [5.41, 5.74) is -0.0672. The molecule has 0 radical (unpaired) electrons. The minimum absolute atomic E-state index is 0.0416. The molecule has 3 aliphatic heterocycles. The molecule has 7 aliphatic rings. The number of hydrogen-bond donors (Lipinski definition) is 0. The Kier molecular flexibility index (Phi) is 5.59. The molecule has 198 valence electrons. The highest BCUT2D eigenvalue weighted by Gasteiger charge is 2.76. The van der Waals surface area contributed by atoms with Crippen molar-refractivity contribution in [3.05, 3.63) is 0 Å². The van der Waals surface area contributed by atoms with Gasteiger partial charge in [0.1, 0.15) is 17.3 Å². The number of rotatable bonds is 5. The monoisotopic (exact) mass is 488 g/mol. The third-order valence-corrected chi connectivity index (χ3v) is 12.8. The number of carbonyl (C=O) groups excluding carboxylic acids is 1. The fourth-order valence-electron chi connectivity index (χ4n) is 10.5. The molecule has 2 spiro atoms. The summed E-state index contributed by atoms with van der Waals surface area (Å²) in [6, 6.07) is 0. The van der Waals surface area contributed by atoms with Gasteiger partial charge in [-0.2, -0.15) is 0 Å². The van der Waals surface area contributed by atoms with Gasteiger partial charge in [0, 0.05) is 18.8 Å². The van der Waals surface area contributed by atoms with E-state index >= 15 is 0 Å². The minimum atomic E-state index is -0.307. The Morgan fingerprint density at radius 3 is 2.31 bits per heavy atom. The molecule has 5 heteroatoms. The largest absolute Gasteiger partial charge is 0.462 e. The molecule has 5 nitrogen and oxygen atoms in total. The third-order valence-electron chi connectivity index (χ3n) is 12.8. The fourth-order valence-corrected chi connectivity index (χ4v) is 10.5. The van der Waals surface area contributed by atoms with Crippen molar-refractivity contribution in [1.82, 2.24) is 0 Å². The van der Waals surface area contributed by atoms with Crippen LogP contribution in [0.4, 0.5) is 0 Å². The van der Waals surface area contributed by atoms with E-state index < -0.39 is 0 Å². The van der Waals surface area contributed by atoms with Crippen LogP contribution in [0.25, 0.3) is 0 Å². The van der Waals surface area contributed by atoms with Gasteiger partial charge in [-0.3, -0.25) is 4.79 Å². The lowest BCUT2D eigenvalue weighted by atomic mass is 9.40. The Labute approximate surface area is 212 Å². The zero-order valence-corrected chi connectivity index (χ0v) is 23.1. The van der Waals surface area contributed by atoms with Crippen molar-refractivity contribution >= 4 is 5.97 Å². The van der Waals surface area contributed by atoms with Gasteiger partial charge in [0.15, 0.2) is 0 Å². The summed E-state index contributed by atoms with van der Waals surface area (Å²) in [6.45, 7) is 16.1. The van der Waals surface area contributed by atoms with Gasteiger partial charge in [0.05, 0.1) is 12.2 Å². The van der Waals surface area contributed by atoms with E-state index in [-0.39, 0.29) is 28.7 Å². The Balaban J connectivity index is 1.24. The SMILES string of the molecule is CC(=O)O[C@@H]1CC[C@]2(C)[C@@H]3CC[C@]4(C)[C@H]([C@H](C)[C@@H]5O[C@H]5[C@H](C)C(C)C)CC[C@@H]4[C@@]34CC[C@]2(C1)OO4. The molecule has 0 aromatic carbocycles.